The summed E-state index contributed by atoms with van der Waals surface area (Å²) in [5.74, 6) is 0.302. The van der Waals surface area contributed by atoms with E-state index in [0.29, 0.717) is 12.4 Å². The van der Waals surface area contributed by atoms with Gasteiger partial charge in [-0.2, -0.15) is 0 Å². The first kappa shape index (κ1) is 18.3. The quantitative estimate of drug-likeness (QED) is 0.593. The van der Waals surface area contributed by atoms with E-state index in [9.17, 15) is 4.79 Å². The maximum absolute atomic E-state index is 11.1. The molecule has 0 aliphatic heterocycles. The zero-order chi connectivity index (χ0) is 19.1. The molecule has 136 valence electrons. The number of carbonyl (C=O) groups is 1. The number of aromatic carboxylic acids is 1. The van der Waals surface area contributed by atoms with Gasteiger partial charge in [0.25, 0.3) is 0 Å². The van der Waals surface area contributed by atoms with Crippen molar-refractivity contribution in [2.45, 2.75) is 6.61 Å². The monoisotopic (exact) mass is 360 g/mol. The number of hydrogen-bond donors (Lipinski definition) is 1. The molecule has 1 N–H and O–H groups in total. The second-order valence-corrected chi connectivity index (χ2v) is 5.91. The highest BCUT2D eigenvalue weighted by Crippen LogP contribution is 2.26. The number of methoxy groups -OCH3 is 1. The van der Waals surface area contributed by atoms with Gasteiger partial charge in [0.15, 0.2) is 0 Å². The third-order valence-electron chi connectivity index (χ3n) is 4.08. The Morgan fingerprint density at radius 3 is 2.26 bits per heavy atom. The number of rotatable bonds is 7. The highest BCUT2D eigenvalue weighted by Gasteiger charge is 2.07. The molecule has 0 aromatic heterocycles. The molecule has 27 heavy (non-hydrogen) atoms. The Bertz CT molecular complexity index is 946. The SMILES string of the molecule is COc1cc(C(=O)O)ccc1C=Cc1ccccc1OCc1ccccc1. The number of ether oxygens (including phenoxy) is 2. The van der Waals surface area contributed by atoms with Crippen LogP contribution in [-0.4, -0.2) is 18.2 Å². The lowest BCUT2D eigenvalue weighted by molar-refractivity contribution is 0.0696. The Morgan fingerprint density at radius 1 is 0.889 bits per heavy atom. The Labute approximate surface area is 158 Å². The molecule has 0 aliphatic rings. The van der Waals surface area contributed by atoms with E-state index in [4.69, 9.17) is 14.6 Å². The molecule has 0 spiro atoms. The molecular weight excluding hydrogens is 340 g/mol. The molecule has 4 heteroatoms. The highest BCUT2D eigenvalue weighted by molar-refractivity contribution is 5.89. The van der Waals surface area contributed by atoms with Crippen molar-refractivity contribution in [3.05, 3.63) is 95.1 Å². The van der Waals surface area contributed by atoms with Crippen LogP contribution < -0.4 is 9.47 Å². The lowest BCUT2D eigenvalue weighted by atomic mass is 10.1. The molecule has 0 saturated heterocycles. The van der Waals surface area contributed by atoms with Gasteiger partial charge in [0.2, 0.25) is 0 Å². The van der Waals surface area contributed by atoms with E-state index in [1.54, 1.807) is 12.1 Å². The van der Waals surface area contributed by atoms with Gasteiger partial charge in [-0.3, -0.25) is 0 Å². The number of carboxylic acids is 1. The minimum absolute atomic E-state index is 0.190. The van der Waals surface area contributed by atoms with Gasteiger partial charge in [-0.1, -0.05) is 66.7 Å². The maximum atomic E-state index is 11.1. The molecule has 3 rings (SSSR count). The summed E-state index contributed by atoms with van der Waals surface area (Å²) in [4.78, 5) is 11.1. The number of para-hydroxylation sites is 1. The van der Waals surface area contributed by atoms with Crippen LogP contribution in [0.15, 0.2) is 72.8 Å². The Kier molecular flexibility index (Phi) is 5.90. The summed E-state index contributed by atoms with van der Waals surface area (Å²) in [6, 6.07) is 22.6. The third-order valence-corrected chi connectivity index (χ3v) is 4.08. The van der Waals surface area contributed by atoms with Crippen LogP contribution in [0.25, 0.3) is 12.2 Å². The summed E-state index contributed by atoms with van der Waals surface area (Å²) in [7, 11) is 1.52. The minimum atomic E-state index is -0.983. The van der Waals surface area contributed by atoms with Gasteiger partial charge in [-0.05, 0) is 23.8 Å². The first-order valence-corrected chi connectivity index (χ1v) is 8.52. The Hall–Kier alpha value is -3.53. The van der Waals surface area contributed by atoms with Crippen molar-refractivity contribution in [1.29, 1.82) is 0 Å². The van der Waals surface area contributed by atoms with Crippen molar-refractivity contribution in [3.63, 3.8) is 0 Å². The summed E-state index contributed by atoms with van der Waals surface area (Å²) >= 11 is 0. The molecule has 0 bridgehead atoms. The molecule has 4 nitrogen and oxygen atoms in total. The second kappa shape index (κ2) is 8.72. The van der Waals surface area contributed by atoms with Crippen molar-refractivity contribution in [2.75, 3.05) is 7.11 Å². The Balaban J connectivity index is 1.80. The van der Waals surface area contributed by atoms with E-state index in [1.807, 2.05) is 66.7 Å². The van der Waals surface area contributed by atoms with Gasteiger partial charge in [-0.25, -0.2) is 4.79 Å². The van der Waals surface area contributed by atoms with E-state index in [2.05, 4.69) is 0 Å². The van der Waals surface area contributed by atoms with Crippen LogP contribution in [0.3, 0.4) is 0 Å². The summed E-state index contributed by atoms with van der Waals surface area (Å²) in [6.45, 7) is 0.488. The topological polar surface area (TPSA) is 55.8 Å². The van der Waals surface area contributed by atoms with Crippen LogP contribution in [0.4, 0.5) is 0 Å². The fourth-order valence-electron chi connectivity index (χ4n) is 2.65. The van der Waals surface area contributed by atoms with Crippen molar-refractivity contribution in [1.82, 2.24) is 0 Å². The maximum Gasteiger partial charge on any atom is 0.335 e. The van der Waals surface area contributed by atoms with Crippen LogP contribution in [0.1, 0.15) is 27.0 Å². The molecule has 0 unspecified atom stereocenters. The van der Waals surface area contributed by atoms with Gasteiger partial charge in [-0.15, -0.1) is 0 Å². The average Bonchev–Trinajstić information content (AvgIpc) is 2.71. The average molecular weight is 360 g/mol. The van der Waals surface area contributed by atoms with Crippen LogP contribution >= 0.6 is 0 Å². The fraction of sp³-hybridized carbons (Fsp3) is 0.0870. The standard InChI is InChI=1S/C23H20O4/c1-26-22-15-20(23(24)25)14-13-19(22)12-11-18-9-5-6-10-21(18)27-16-17-7-3-2-4-8-17/h2-15H,16H2,1H3,(H,24,25). The largest absolute Gasteiger partial charge is 0.496 e. The van der Waals surface area contributed by atoms with Crippen molar-refractivity contribution in [2.24, 2.45) is 0 Å². The summed E-state index contributed by atoms with van der Waals surface area (Å²) in [6.07, 6.45) is 3.81. The molecule has 0 atom stereocenters. The summed E-state index contributed by atoms with van der Waals surface area (Å²) in [5.41, 5.74) is 3.01. The Morgan fingerprint density at radius 2 is 1.56 bits per heavy atom. The molecule has 0 amide bonds. The van der Waals surface area contributed by atoms with E-state index < -0.39 is 5.97 Å². The van der Waals surface area contributed by atoms with E-state index >= 15 is 0 Å². The molecule has 3 aromatic carbocycles. The van der Waals surface area contributed by atoms with Crippen LogP contribution in [0.2, 0.25) is 0 Å². The number of hydrogen-bond acceptors (Lipinski definition) is 3. The number of carboxylic acid groups (broad SMARTS) is 1. The summed E-state index contributed by atoms with van der Waals surface area (Å²) in [5, 5.41) is 9.10. The van der Waals surface area contributed by atoms with Gasteiger partial charge in [0.1, 0.15) is 18.1 Å². The second-order valence-electron chi connectivity index (χ2n) is 5.91. The van der Waals surface area contributed by atoms with Crippen LogP contribution in [0, 0.1) is 0 Å². The smallest absolute Gasteiger partial charge is 0.335 e. The fourth-order valence-corrected chi connectivity index (χ4v) is 2.65. The third kappa shape index (κ3) is 4.76. The lowest BCUT2D eigenvalue weighted by Crippen LogP contribution is -1.98. The predicted molar refractivity (Wildman–Crippen MR) is 106 cm³/mol. The van der Waals surface area contributed by atoms with Crippen LogP contribution in [0.5, 0.6) is 11.5 Å². The number of benzene rings is 3. The molecule has 0 heterocycles. The van der Waals surface area contributed by atoms with Gasteiger partial charge < -0.3 is 14.6 Å². The molecular formula is C23H20O4. The van der Waals surface area contributed by atoms with Crippen LogP contribution in [-0.2, 0) is 6.61 Å². The first-order valence-electron chi connectivity index (χ1n) is 8.52. The first-order chi connectivity index (χ1) is 13.2. The summed E-state index contributed by atoms with van der Waals surface area (Å²) < 4.78 is 11.3. The van der Waals surface area contributed by atoms with Crippen molar-refractivity contribution < 1.29 is 19.4 Å². The van der Waals surface area contributed by atoms with Crippen molar-refractivity contribution >= 4 is 18.1 Å². The molecule has 0 saturated carbocycles. The lowest BCUT2D eigenvalue weighted by Gasteiger charge is -2.10. The molecule has 0 fully saturated rings. The van der Waals surface area contributed by atoms with Gasteiger partial charge in [0, 0.05) is 11.1 Å². The van der Waals surface area contributed by atoms with Gasteiger partial charge in [0.05, 0.1) is 12.7 Å². The van der Waals surface area contributed by atoms with E-state index in [1.165, 1.54) is 13.2 Å². The highest BCUT2D eigenvalue weighted by atomic mass is 16.5. The zero-order valence-corrected chi connectivity index (χ0v) is 15.0. The predicted octanol–water partition coefficient (Wildman–Crippen LogP) is 5.14. The molecule has 0 aliphatic carbocycles. The zero-order valence-electron chi connectivity index (χ0n) is 15.0. The molecule has 3 aromatic rings. The van der Waals surface area contributed by atoms with E-state index in [0.717, 1.165) is 22.4 Å². The normalized spacial score (nSPS) is 10.7. The molecule has 0 radical (unpaired) electrons. The van der Waals surface area contributed by atoms with E-state index in [-0.39, 0.29) is 5.56 Å². The van der Waals surface area contributed by atoms with Crippen molar-refractivity contribution in [3.8, 4) is 11.5 Å². The van der Waals surface area contributed by atoms with Gasteiger partial charge >= 0.3 is 5.97 Å². The minimum Gasteiger partial charge on any atom is -0.496 e.